The fourth-order valence-electron chi connectivity index (χ4n) is 0.802. The molecular formula is C7H15NO2. The van der Waals surface area contributed by atoms with Crippen LogP contribution in [-0.2, 0) is 4.79 Å². The molecule has 0 aliphatic carbocycles. The van der Waals surface area contributed by atoms with Gasteiger partial charge in [0.1, 0.15) is 6.61 Å². The molecule has 0 fully saturated rings. The van der Waals surface area contributed by atoms with Crippen molar-refractivity contribution in [2.75, 3.05) is 6.61 Å². The molecule has 0 amide bonds. The largest absolute Gasteiger partial charge is 0.389 e. The van der Waals surface area contributed by atoms with Gasteiger partial charge in [-0.25, -0.2) is 0 Å². The molecule has 3 N–H and O–H groups in total. The van der Waals surface area contributed by atoms with Crippen molar-refractivity contribution in [3.63, 3.8) is 0 Å². The van der Waals surface area contributed by atoms with Gasteiger partial charge in [0, 0.05) is 0 Å². The van der Waals surface area contributed by atoms with E-state index in [9.17, 15) is 4.79 Å². The van der Waals surface area contributed by atoms with Gasteiger partial charge in [-0.3, -0.25) is 4.79 Å². The second-order valence-corrected chi connectivity index (χ2v) is 2.44. The molecule has 0 unspecified atom stereocenters. The summed E-state index contributed by atoms with van der Waals surface area (Å²) in [5, 5.41) is 8.50. The summed E-state index contributed by atoms with van der Waals surface area (Å²) in [4.78, 5) is 10.9. The summed E-state index contributed by atoms with van der Waals surface area (Å²) in [6.07, 6.45) is 1.17. The van der Waals surface area contributed by atoms with Crippen molar-refractivity contribution in [3.05, 3.63) is 0 Å². The lowest BCUT2D eigenvalue weighted by molar-refractivity contribution is -0.127. The molecule has 0 radical (unpaired) electrons. The van der Waals surface area contributed by atoms with Gasteiger partial charge in [-0.1, -0.05) is 13.8 Å². The third-order valence-corrected chi connectivity index (χ3v) is 1.96. The van der Waals surface area contributed by atoms with Gasteiger partial charge in [0.2, 0.25) is 0 Å². The number of rotatable bonds is 4. The van der Waals surface area contributed by atoms with E-state index in [4.69, 9.17) is 10.8 Å². The molecule has 0 aromatic heterocycles. The summed E-state index contributed by atoms with van der Waals surface area (Å²) < 4.78 is 0. The predicted octanol–water partition coefficient (Wildman–Crippen LogP) is 0.0653. The van der Waals surface area contributed by atoms with E-state index in [1.54, 1.807) is 0 Å². The second kappa shape index (κ2) is 3.68. The van der Waals surface area contributed by atoms with Crippen LogP contribution in [0.25, 0.3) is 0 Å². The number of nitrogens with two attached hydrogens (primary N) is 1. The van der Waals surface area contributed by atoms with Crippen LogP contribution in [0.3, 0.4) is 0 Å². The Labute approximate surface area is 61.2 Å². The molecule has 0 aliphatic heterocycles. The van der Waals surface area contributed by atoms with Gasteiger partial charge in [0.05, 0.1) is 5.54 Å². The van der Waals surface area contributed by atoms with Crippen LogP contribution in [0.1, 0.15) is 26.7 Å². The first-order valence-corrected chi connectivity index (χ1v) is 3.53. The number of aliphatic hydroxyl groups is 1. The molecule has 10 heavy (non-hydrogen) atoms. The Morgan fingerprint density at radius 2 is 1.90 bits per heavy atom. The lowest BCUT2D eigenvalue weighted by Gasteiger charge is -2.23. The van der Waals surface area contributed by atoms with E-state index >= 15 is 0 Å². The molecule has 60 valence electrons. The summed E-state index contributed by atoms with van der Waals surface area (Å²) in [7, 11) is 0. The lowest BCUT2D eigenvalue weighted by atomic mass is 9.90. The first-order chi connectivity index (χ1) is 4.60. The zero-order chi connectivity index (χ0) is 8.20. The molecule has 3 heteroatoms. The minimum Gasteiger partial charge on any atom is -0.389 e. The van der Waals surface area contributed by atoms with Crippen molar-refractivity contribution in [1.82, 2.24) is 0 Å². The highest BCUT2D eigenvalue weighted by Gasteiger charge is 2.28. The Hall–Kier alpha value is -0.410. The van der Waals surface area contributed by atoms with Gasteiger partial charge in [0.25, 0.3) is 0 Å². The van der Waals surface area contributed by atoms with E-state index < -0.39 is 12.1 Å². The molecule has 0 spiro atoms. The lowest BCUT2D eigenvalue weighted by Crippen LogP contribution is -2.48. The quantitative estimate of drug-likeness (QED) is 0.588. The number of aliphatic hydroxyl groups excluding tert-OH is 1. The zero-order valence-electron chi connectivity index (χ0n) is 6.55. The number of Topliss-reactive ketones (excluding diaryl/α,β-unsaturated/α-hetero) is 1. The van der Waals surface area contributed by atoms with Gasteiger partial charge in [0.15, 0.2) is 5.78 Å². The van der Waals surface area contributed by atoms with E-state index in [-0.39, 0.29) is 5.78 Å². The predicted molar refractivity (Wildman–Crippen MR) is 39.6 cm³/mol. The van der Waals surface area contributed by atoms with E-state index in [0.29, 0.717) is 12.8 Å². The average Bonchev–Trinajstić information content (AvgIpc) is 2.01. The minimum atomic E-state index is -0.797. The van der Waals surface area contributed by atoms with Crippen LogP contribution in [0.5, 0.6) is 0 Å². The third kappa shape index (κ3) is 1.78. The van der Waals surface area contributed by atoms with E-state index in [0.717, 1.165) is 0 Å². The van der Waals surface area contributed by atoms with Crippen molar-refractivity contribution in [3.8, 4) is 0 Å². The summed E-state index contributed by atoms with van der Waals surface area (Å²) in [5.74, 6) is -0.266. The Bertz CT molecular complexity index is 119. The van der Waals surface area contributed by atoms with Gasteiger partial charge < -0.3 is 10.8 Å². The number of carbonyl (C=O) groups excluding carboxylic acids is 1. The van der Waals surface area contributed by atoms with Gasteiger partial charge in [-0.2, -0.15) is 0 Å². The number of hydrogen-bond acceptors (Lipinski definition) is 3. The maximum absolute atomic E-state index is 10.9. The van der Waals surface area contributed by atoms with Crippen LogP contribution < -0.4 is 5.73 Å². The van der Waals surface area contributed by atoms with Crippen LogP contribution in [-0.4, -0.2) is 23.0 Å². The summed E-state index contributed by atoms with van der Waals surface area (Å²) in [5.41, 5.74) is 4.84. The number of hydrogen-bond donors (Lipinski definition) is 2. The van der Waals surface area contributed by atoms with Crippen molar-refractivity contribution in [2.24, 2.45) is 5.73 Å². The highest BCUT2D eigenvalue weighted by atomic mass is 16.3. The fourth-order valence-corrected chi connectivity index (χ4v) is 0.802. The minimum absolute atomic E-state index is 0.266. The molecule has 0 atom stereocenters. The molecule has 0 saturated carbocycles. The first-order valence-electron chi connectivity index (χ1n) is 3.53. The van der Waals surface area contributed by atoms with E-state index in [2.05, 4.69) is 0 Å². The molecule has 0 heterocycles. The molecular weight excluding hydrogens is 130 g/mol. The number of carbonyl (C=O) groups is 1. The monoisotopic (exact) mass is 145 g/mol. The zero-order valence-corrected chi connectivity index (χ0v) is 6.55. The molecule has 0 aromatic carbocycles. The second-order valence-electron chi connectivity index (χ2n) is 2.44. The topological polar surface area (TPSA) is 63.3 Å². The van der Waals surface area contributed by atoms with Crippen molar-refractivity contribution in [2.45, 2.75) is 32.2 Å². The Balaban J connectivity index is 4.17. The highest BCUT2D eigenvalue weighted by molar-refractivity contribution is 5.88. The molecule has 0 saturated heterocycles. The standard InChI is InChI=1S/C7H15NO2/c1-3-7(8,4-2)6(10)5-9/h9H,3-5,8H2,1-2H3. The molecule has 0 aromatic rings. The first kappa shape index (κ1) is 9.59. The van der Waals surface area contributed by atoms with Crippen LogP contribution in [0.4, 0.5) is 0 Å². The van der Waals surface area contributed by atoms with E-state index in [1.807, 2.05) is 13.8 Å². The molecule has 0 rings (SSSR count). The van der Waals surface area contributed by atoms with E-state index in [1.165, 1.54) is 0 Å². The van der Waals surface area contributed by atoms with Crippen molar-refractivity contribution in [1.29, 1.82) is 0 Å². The van der Waals surface area contributed by atoms with Crippen LogP contribution >= 0.6 is 0 Å². The maximum Gasteiger partial charge on any atom is 0.177 e. The van der Waals surface area contributed by atoms with Crippen LogP contribution in [0, 0.1) is 0 Å². The van der Waals surface area contributed by atoms with Gasteiger partial charge >= 0.3 is 0 Å². The smallest absolute Gasteiger partial charge is 0.177 e. The summed E-state index contributed by atoms with van der Waals surface area (Å²) >= 11 is 0. The average molecular weight is 145 g/mol. The highest BCUT2D eigenvalue weighted by Crippen LogP contribution is 2.11. The Morgan fingerprint density at radius 1 is 1.50 bits per heavy atom. The van der Waals surface area contributed by atoms with Gasteiger partial charge in [-0.05, 0) is 12.8 Å². The normalized spacial score (nSPS) is 11.6. The van der Waals surface area contributed by atoms with Crippen LogP contribution in [0.2, 0.25) is 0 Å². The Morgan fingerprint density at radius 3 is 2.00 bits per heavy atom. The summed E-state index contributed by atoms with van der Waals surface area (Å²) in [6.45, 7) is 3.24. The number of ketones is 1. The summed E-state index contributed by atoms with van der Waals surface area (Å²) in [6, 6.07) is 0. The van der Waals surface area contributed by atoms with Crippen molar-refractivity contribution >= 4 is 5.78 Å². The molecule has 0 aliphatic rings. The maximum atomic E-state index is 10.9. The Kier molecular flexibility index (Phi) is 3.53. The molecule has 0 bridgehead atoms. The fraction of sp³-hybridized carbons (Fsp3) is 0.857. The van der Waals surface area contributed by atoms with Crippen LogP contribution in [0.15, 0.2) is 0 Å². The SMILES string of the molecule is CCC(N)(CC)C(=O)CO. The van der Waals surface area contributed by atoms with Gasteiger partial charge in [-0.15, -0.1) is 0 Å². The van der Waals surface area contributed by atoms with Crippen molar-refractivity contribution < 1.29 is 9.90 Å². The third-order valence-electron chi connectivity index (χ3n) is 1.96. The molecule has 3 nitrogen and oxygen atoms in total.